The number of fused-ring (bicyclic) bond motifs is 1. The van der Waals surface area contributed by atoms with E-state index in [-0.39, 0.29) is 12.3 Å². The Hall–Kier alpha value is -3.16. The lowest BCUT2D eigenvalue weighted by atomic mass is 10.2. The number of anilines is 1. The minimum Gasteiger partial charge on any atom is -0.322 e. The zero-order valence-electron chi connectivity index (χ0n) is 19.3. The van der Waals surface area contributed by atoms with Gasteiger partial charge in [-0.3, -0.25) is 19.1 Å². The van der Waals surface area contributed by atoms with Crippen LogP contribution in [0.3, 0.4) is 0 Å². The number of rotatable bonds is 11. The van der Waals surface area contributed by atoms with Crippen molar-refractivity contribution < 1.29 is 4.79 Å². The molecule has 0 saturated carbocycles. The summed E-state index contributed by atoms with van der Waals surface area (Å²) in [5.41, 5.74) is 0.832. The largest absolute Gasteiger partial charge is 0.330 e. The van der Waals surface area contributed by atoms with E-state index < -0.39 is 11.2 Å². The van der Waals surface area contributed by atoms with Crippen LogP contribution in [-0.4, -0.2) is 32.1 Å². The molecule has 0 aliphatic heterocycles. The van der Waals surface area contributed by atoms with Gasteiger partial charge < -0.3 is 9.47 Å². The molecule has 0 radical (unpaired) electrons. The summed E-state index contributed by atoms with van der Waals surface area (Å²) in [6.45, 7) is 5.32. The zero-order chi connectivity index (χ0) is 23.1. The average Bonchev–Trinajstić information content (AvgIpc) is 3.16. The molecular weight excluding hydrogens is 406 g/mol. The number of benzene rings is 1. The Balaban J connectivity index is 1.94. The number of nitrogens with zero attached hydrogens (tertiary/aromatic N) is 4. The standard InChI is InChI=1S/C24H33N5O3/c1-4-6-11-17-28-19(14-15-20(30)27(3)18-12-9-8-10-13-18)25-22-21(28)23(31)26-24(32)29(22)16-7-5-2/h8-10,12-13H,4-7,11,14-17H2,1-3H3,(H,26,31,32). The van der Waals surface area contributed by atoms with Crippen LogP contribution in [0.25, 0.3) is 11.2 Å². The van der Waals surface area contributed by atoms with E-state index in [0.29, 0.717) is 36.5 Å². The van der Waals surface area contributed by atoms with Crippen molar-refractivity contribution in [3.8, 4) is 0 Å². The molecule has 3 rings (SSSR count). The van der Waals surface area contributed by atoms with Crippen LogP contribution in [0.2, 0.25) is 0 Å². The number of para-hydroxylation sites is 1. The summed E-state index contributed by atoms with van der Waals surface area (Å²) in [6.07, 6.45) is 5.40. The van der Waals surface area contributed by atoms with Gasteiger partial charge >= 0.3 is 5.69 Å². The summed E-state index contributed by atoms with van der Waals surface area (Å²) in [5.74, 6) is 0.646. The molecule has 0 saturated heterocycles. The molecule has 172 valence electrons. The molecule has 8 nitrogen and oxygen atoms in total. The molecule has 0 atom stereocenters. The fourth-order valence-electron chi connectivity index (χ4n) is 3.87. The molecular formula is C24H33N5O3. The van der Waals surface area contributed by atoms with Gasteiger partial charge in [-0.25, -0.2) is 9.78 Å². The van der Waals surface area contributed by atoms with Gasteiger partial charge in [0.15, 0.2) is 11.2 Å². The second-order valence-corrected chi connectivity index (χ2v) is 8.11. The van der Waals surface area contributed by atoms with Gasteiger partial charge in [-0.2, -0.15) is 0 Å². The highest BCUT2D eigenvalue weighted by molar-refractivity contribution is 5.92. The van der Waals surface area contributed by atoms with Crippen LogP contribution in [0, 0.1) is 0 Å². The van der Waals surface area contributed by atoms with Crippen LogP contribution in [0.5, 0.6) is 0 Å². The maximum atomic E-state index is 12.8. The minimum absolute atomic E-state index is 0.0272. The normalized spacial score (nSPS) is 11.2. The third-order valence-electron chi connectivity index (χ3n) is 5.77. The second kappa shape index (κ2) is 10.9. The monoisotopic (exact) mass is 439 g/mol. The van der Waals surface area contributed by atoms with Gasteiger partial charge in [-0.05, 0) is 25.0 Å². The Morgan fingerprint density at radius 3 is 2.38 bits per heavy atom. The van der Waals surface area contributed by atoms with Gasteiger partial charge in [0.1, 0.15) is 5.82 Å². The SMILES string of the molecule is CCCCCn1c(CCC(=O)N(C)c2ccccc2)nc2c1c(=O)[nH]c(=O)n2CCCC. The van der Waals surface area contributed by atoms with Crippen LogP contribution in [0.1, 0.15) is 58.2 Å². The molecule has 3 aromatic rings. The van der Waals surface area contributed by atoms with Crippen molar-refractivity contribution in [2.24, 2.45) is 0 Å². The predicted molar refractivity (Wildman–Crippen MR) is 127 cm³/mol. The van der Waals surface area contributed by atoms with Crippen LogP contribution in [-0.2, 0) is 24.3 Å². The van der Waals surface area contributed by atoms with E-state index in [1.54, 1.807) is 16.5 Å². The maximum Gasteiger partial charge on any atom is 0.330 e. The van der Waals surface area contributed by atoms with Crippen LogP contribution in [0.4, 0.5) is 5.69 Å². The summed E-state index contributed by atoms with van der Waals surface area (Å²) in [6, 6.07) is 9.49. The summed E-state index contributed by atoms with van der Waals surface area (Å²) < 4.78 is 3.46. The van der Waals surface area contributed by atoms with Gasteiger partial charge in [-0.1, -0.05) is 51.3 Å². The molecule has 1 aromatic carbocycles. The van der Waals surface area contributed by atoms with E-state index in [9.17, 15) is 14.4 Å². The van der Waals surface area contributed by atoms with Gasteiger partial charge in [-0.15, -0.1) is 0 Å². The molecule has 2 heterocycles. The lowest BCUT2D eigenvalue weighted by Crippen LogP contribution is -2.31. The molecule has 8 heteroatoms. The van der Waals surface area contributed by atoms with Crippen molar-refractivity contribution in [1.29, 1.82) is 0 Å². The molecule has 0 spiro atoms. The topological polar surface area (TPSA) is 93.0 Å². The van der Waals surface area contributed by atoms with E-state index in [4.69, 9.17) is 4.98 Å². The predicted octanol–water partition coefficient (Wildman–Crippen LogP) is 3.47. The number of aromatic nitrogens is 4. The molecule has 0 bridgehead atoms. The fraction of sp³-hybridized carbons (Fsp3) is 0.500. The van der Waals surface area contributed by atoms with Gasteiger partial charge in [0.05, 0.1) is 0 Å². The minimum atomic E-state index is -0.430. The molecule has 1 N–H and O–H groups in total. The Bertz CT molecular complexity index is 1160. The van der Waals surface area contributed by atoms with Crippen molar-refractivity contribution in [1.82, 2.24) is 19.1 Å². The first-order valence-corrected chi connectivity index (χ1v) is 11.5. The van der Waals surface area contributed by atoms with E-state index in [0.717, 1.165) is 37.8 Å². The van der Waals surface area contributed by atoms with Crippen molar-refractivity contribution in [3.05, 3.63) is 57.0 Å². The molecule has 1 amide bonds. The Morgan fingerprint density at radius 2 is 1.69 bits per heavy atom. The lowest BCUT2D eigenvalue weighted by Gasteiger charge is -2.17. The second-order valence-electron chi connectivity index (χ2n) is 8.11. The molecule has 0 unspecified atom stereocenters. The Morgan fingerprint density at radius 1 is 1.00 bits per heavy atom. The van der Waals surface area contributed by atoms with Crippen molar-refractivity contribution in [2.45, 2.75) is 71.9 Å². The first kappa shape index (κ1) is 23.5. The number of carbonyl (C=O) groups is 1. The number of aromatic amines is 1. The highest BCUT2D eigenvalue weighted by Crippen LogP contribution is 2.17. The van der Waals surface area contributed by atoms with Crippen molar-refractivity contribution in [3.63, 3.8) is 0 Å². The Labute approximate surface area is 187 Å². The van der Waals surface area contributed by atoms with Crippen LogP contribution in [0.15, 0.2) is 39.9 Å². The van der Waals surface area contributed by atoms with Crippen LogP contribution < -0.4 is 16.1 Å². The van der Waals surface area contributed by atoms with Gasteiger partial charge in [0.2, 0.25) is 5.91 Å². The first-order chi connectivity index (χ1) is 15.5. The highest BCUT2D eigenvalue weighted by atomic mass is 16.2. The number of carbonyl (C=O) groups excluding carboxylic acids is 1. The first-order valence-electron chi connectivity index (χ1n) is 11.5. The van der Waals surface area contributed by atoms with Gasteiger partial charge in [0.25, 0.3) is 5.56 Å². The van der Waals surface area contributed by atoms with Gasteiger partial charge in [0, 0.05) is 38.7 Å². The molecule has 2 aromatic heterocycles. The van der Waals surface area contributed by atoms with E-state index >= 15 is 0 Å². The molecule has 0 fully saturated rings. The number of aryl methyl sites for hydroxylation is 3. The van der Waals surface area contributed by atoms with E-state index in [1.165, 1.54) is 0 Å². The third-order valence-corrected chi connectivity index (χ3v) is 5.77. The van der Waals surface area contributed by atoms with E-state index in [1.807, 2.05) is 34.9 Å². The van der Waals surface area contributed by atoms with Crippen LogP contribution >= 0.6 is 0 Å². The summed E-state index contributed by atoms with van der Waals surface area (Å²) in [4.78, 5) is 46.8. The molecule has 0 aliphatic carbocycles. The number of unbranched alkanes of at least 4 members (excludes halogenated alkanes) is 3. The molecule has 32 heavy (non-hydrogen) atoms. The van der Waals surface area contributed by atoms with Crippen molar-refractivity contribution in [2.75, 3.05) is 11.9 Å². The highest BCUT2D eigenvalue weighted by Gasteiger charge is 2.20. The summed E-state index contributed by atoms with van der Waals surface area (Å²) in [5, 5.41) is 0. The number of hydrogen-bond donors (Lipinski definition) is 1. The zero-order valence-corrected chi connectivity index (χ0v) is 19.3. The number of nitrogens with one attached hydrogen (secondary N) is 1. The Kier molecular flexibility index (Phi) is 8.03. The summed E-state index contributed by atoms with van der Waals surface area (Å²) >= 11 is 0. The smallest absolute Gasteiger partial charge is 0.322 e. The van der Waals surface area contributed by atoms with E-state index in [2.05, 4.69) is 18.8 Å². The van der Waals surface area contributed by atoms with Crippen molar-refractivity contribution >= 4 is 22.8 Å². The number of H-pyrrole nitrogens is 1. The quantitative estimate of drug-likeness (QED) is 0.463. The summed E-state index contributed by atoms with van der Waals surface area (Å²) in [7, 11) is 1.76. The number of hydrogen-bond acceptors (Lipinski definition) is 4. The lowest BCUT2D eigenvalue weighted by molar-refractivity contribution is -0.118. The molecule has 0 aliphatic rings. The third kappa shape index (κ3) is 5.18. The number of amides is 1. The number of imidazole rings is 1. The fourth-order valence-corrected chi connectivity index (χ4v) is 3.87. The maximum absolute atomic E-state index is 12.8. The average molecular weight is 440 g/mol.